The van der Waals surface area contributed by atoms with Gasteiger partial charge in [-0.05, 0) is 12.5 Å². The van der Waals surface area contributed by atoms with Crippen LogP contribution in [0, 0.1) is 0 Å². The molecule has 7 nitrogen and oxygen atoms in total. The number of carbonyl (C=O) groups is 1. The Balaban J connectivity index is 1.81. The molecule has 1 aliphatic heterocycles. The fourth-order valence-electron chi connectivity index (χ4n) is 2.60. The largest absolute Gasteiger partial charge is 0.497 e. The number of amides is 1. The van der Waals surface area contributed by atoms with Gasteiger partial charge in [-0.2, -0.15) is 10.1 Å². The van der Waals surface area contributed by atoms with Crippen molar-refractivity contribution in [2.24, 2.45) is 0 Å². The number of nitrogens with zero attached hydrogens (tertiary/aromatic N) is 4. The molecule has 0 spiro atoms. The maximum Gasteiger partial charge on any atom is 0.233 e. The van der Waals surface area contributed by atoms with E-state index in [0.717, 1.165) is 18.5 Å². The van der Waals surface area contributed by atoms with Crippen LogP contribution in [0.15, 0.2) is 24.5 Å². The molecule has 0 atom stereocenters. The first-order valence-corrected chi connectivity index (χ1v) is 7.12. The van der Waals surface area contributed by atoms with E-state index in [9.17, 15) is 4.79 Å². The minimum Gasteiger partial charge on any atom is -0.497 e. The van der Waals surface area contributed by atoms with Gasteiger partial charge in [0, 0.05) is 24.7 Å². The molecule has 0 saturated carbocycles. The van der Waals surface area contributed by atoms with E-state index in [2.05, 4.69) is 10.1 Å². The Morgan fingerprint density at radius 2 is 2.14 bits per heavy atom. The molecule has 1 aromatic carbocycles. The molecule has 1 aliphatic rings. The van der Waals surface area contributed by atoms with Crippen molar-refractivity contribution >= 4 is 11.9 Å². The summed E-state index contributed by atoms with van der Waals surface area (Å²) >= 11 is 0. The predicted molar refractivity (Wildman–Crippen MR) is 80.2 cm³/mol. The Kier molecular flexibility index (Phi) is 3.95. The number of aromatic nitrogens is 3. The summed E-state index contributed by atoms with van der Waals surface area (Å²) in [4.78, 5) is 18.5. The number of hydrogen-bond acceptors (Lipinski definition) is 5. The van der Waals surface area contributed by atoms with Crippen molar-refractivity contribution in [1.82, 2.24) is 14.8 Å². The standard InChI is InChI=1S/C15H18N4O3/c1-21-12-5-4-11(13(9-12)22-2)8-14(20)18-6-3-7-19-15(18)16-10-17-19/h4-5,9-10H,3,6-8H2,1-2H3. The lowest BCUT2D eigenvalue weighted by molar-refractivity contribution is -0.118. The number of aryl methyl sites for hydroxylation is 1. The fraction of sp³-hybridized carbons (Fsp3) is 0.400. The highest BCUT2D eigenvalue weighted by atomic mass is 16.5. The molecule has 3 rings (SSSR count). The van der Waals surface area contributed by atoms with Crippen molar-refractivity contribution in [3.05, 3.63) is 30.1 Å². The second-order valence-corrected chi connectivity index (χ2v) is 5.04. The summed E-state index contributed by atoms with van der Waals surface area (Å²) in [5.74, 6) is 1.94. The molecular weight excluding hydrogens is 284 g/mol. The molecule has 1 aromatic heterocycles. The Morgan fingerprint density at radius 3 is 2.91 bits per heavy atom. The summed E-state index contributed by atoms with van der Waals surface area (Å²) < 4.78 is 12.3. The first-order valence-electron chi connectivity index (χ1n) is 7.12. The van der Waals surface area contributed by atoms with E-state index in [-0.39, 0.29) is 12.3 Å². The summed E-state index contributed by atoms with van der Waals surface area (Å²) in [6.07, 6.45) is 2.61. The van der Waals surface area contributed by atoms with Crippen LogP contribution in [0.5, 0.6) is 11.5 Å². The third kappa shape index (κ3) is 2.61. The summed E-state index contributed by atoms with van der Waals surface area (Å²) in [6, 6.07) is 5.45. The highest BCUT2D eigenvalue weighted by Gasteiger charge is 2.25. The van der Waals surface area contributed by atoms with Gasteiger partial charge < -0.3 is 9.47 Å². The van der Waals surface area contributed by atoms with Crippen LogP contribution in [0.25, 0.3) is 0 Å². The predicted octanol–water partition coefficient (Wildman–Crippen LogP) is 1.27. The second kappa shape index (κ2) is 6.05. The summed E-state index contributed by atoms with van der Waals surface area (Å²) in [5, 5.41) is 4.12. The molecule has 0 radical (unpaired) electrons. The van der Waals surface area contributed by atoms with Crippen LogP contribution < -0.4 is 14.4 Å². The van der Waals surface area contributed by atoms with Crippen LogP contribution in [0.2, 0.25) is 0 Å². The first-order chi connectivity index (χ1) is 10.7. The smallest absolute Gasteiger partial charge is 0.233 e. The number of fused-ring (bicyclic) bond motifs is 1. The molecule has 0 unspecified atom stereocenters. The lowest BCUT2D eigenvalue weighted by Crippen LogP contribution is -2.39. The van der Waals surface area contributed by atoms with Crippen LogP contribution in [0.3, 0.4) is 0 Å². The zero-order chi connectivity index (χ0) is 15.5. The number of carbonyl (C=O) groups excluding carboxylic acids is 1. The average Bonchev–Trinajstić information content (AvgIpc) is 3.03. The van der Waals surface area contributed by atoms with Crippen molar-refractivity contribution in [3.8, 4) is 11.5 Å². The fourth-order valence-corrected chi connectivity index (χ4v) is 2.60. The molecular formula is C15H18N4O3. The molecule has 22 heavy (non-hydrogen) atoms. The van der Waals surface area contributed by atoms with Gasteiger partial charge in [-0.25, -0.2) is 4.68 Å². The van der Waals surface area contributed by atoms with Crippen LogP contribution in [0.1, 0.15) is 12.0 Å². The number of hydrogen-bond donors (Lipinski definition) is 0. The van der Waals surface area contributed by atoms with Gasteiger partial charge in [0.1, 0.15) is 17.8 Å². The normalized spacial score (nSPS) is 13.6. The van der Waals surface area contributed by atoms with Crippen LogP contribution >= 0.6 is 0 Å². The van der Waals surface area contributed by atoms with E-state index in [0.29, 0.717) is 24.0 Å². The number of rotatable bonds is 4. The van der Waals surface area contributed by atoms with E-state index in [4.69, 9.17) is 9.47 Å². The van der Waals surface area contributed by atoms with E-state index >= 15 is 0 Å². The van der Waals surface area contributed by atoms with Crippen molar-refractivity contribution < 1.29 is 14.3 Å². The van der Waals surface area contributed by atoms with Crippen LogP contribution in [-0.2, 0) is 17.8 Å². The van der Waals surface area contributed by atoms with Gasteiger partial charge >= 0.3 is 0 Å². The van der Waals surface area contributed by atoms with Crippen LogP contribution in [0.4, 0.5) is 5.95 Å². The first kappa shape index (κ1) is 14.4. The molecule has 2 aromatic rings. The van der Waals surface area contributed by atoms with Crippen molar-refractivity contribution in [2.45, 2.75) is 19.4 Å². The lowest BCUT2D eigenvalue weighted by atomic mass is 10.1. The minimum atomic E-state index is -0.0163. The molecule has 116 valence electrons. The third-order valence-corrected chi connectivity index (χ3v) is 3.73. The molecule has 0 fully saturated rings. The molecule has 0 aliphatic carbocycles. The highest BCUT2D eigenvalue weighted by molar-refractivity contribution is 5.93. The number of ether oxygens (including phenoxy) is 2. The molecule has 0 bridgehead atoms. The maximum absolute atomic E-state index is 12.6. The Hall–Kier alpha value is -2.57. The summed E-state index contributed by atoms with van der Waals surface area (Å²) in [6.45, 7) is 1.46. The van der Waals surface area contributed by atoms with Crippen LogP contribution in [-0.4, -0.2) is 41.4 Å². The maximum atomic E-state index is 12.6. The molecule has 0 N–H and O–H groups in total. The zero-order valence-corrected chi connectivity index (χ0v) is 12.7. The van der Waals surface area contributed by atoms with Crippen molar-refractivity contribution in [2.75, 3.05) is 25.7 Å². The topological polar surface area (TPSA) is 69.5 Å². The second-order valence-electron chi connectivity index (χ2n) is 5.04. The number of anilines is 1. The van der Waals surface area contributed by atoms with E-state index < -0.39 is 0 Å². The van der Waals surface area contributed by atoms with Gasteiger partial charge in [0.25, 0.3) is 0 Å². The minimum absolute atomic E-state index is 0.0163. The number of benzene rings is 1. The van der Waals surface area contributed by atoms with Crippen molar-refractivity contribution in [1.29, 1.82) is 0 Å². The van der Waals surface area contributed by atoms with Gasteiger partial charge in [-0.1, -0.05) is 6.07 Å². The van der Waals surface area contributed by atoms with E-state index in [1.54, 1.807) is 29.9 Å². The van der Waals surface area contributed by atoms with Gasteiger partial charge in [0.2, 0.25) is 11.9 Å². The molecule has 0 saturated heterocycles. The lowest BCUT2D eigenvalue weighted by Gasteiger charge is -2.26. The molecule has 7 heteroatoms. The van der Waals surface area contributed by atoms with Gasteiger partial charge in [0.05, 0.1) is 20.6 Å². The quantitative estimate of drug-likeness (QED) is 0.851. The van der Waals surface area contributed by atoms with E-state index in [1.165, 1.54) is 6.33 Å². The Labute approximate surface area is 128 Å². The average molecular weight is 302 g/mol. The summed E-state index contributed by atoms with van der Waals surface area (Å²) in [7, 11) is 3.18. The molecule has 2 heterocycles. The monoisotopic (exact) mass is 302 g/mol. The summed E-state index contributed by atoms with van der Waals surface area (Å²) in [5.41, 5.74) is 0.824. The highest BCUT2D eigenvalue weighted by Crippen LogP contribution is 2.26. The SMILES string of the molecule is COc1ccc(CC(=O)N2CCCn3ncnc32)c(OC)c1. The number of methoxy groups -OCH3 is 2. The van der Waals surface area contributed by atoms with Gasteiger partial charge in [0.15, 0.2) is 0 Å². The Bertz CT molecular complexity index is 683. The van der Waals surface area contributed by atoms with Gasteiger partial charge in [-0.3, -0.25) is 9.69 Å². The van der Waals surface area contributed by atoms with Crippen molar-refractivity contribution in [3.63, 3.8) is 0 Å². The Morgan fingerprint density at radius 1 is 1.27 bits per heavy atom. The van der Waals surface area contributed by atoms with E-state index in [1.807, 2.05) is 12.1 Å². The van der Waals surface area contributed by atoms with Gasteiger partial charge in [-0.15, -0.1) is 0 Å². The third-order valence-electron chi connectivity index (χ3n) is 3.73. The molecule has 1 amide bonds. The zero-order valence-electron chi connectivity index (χ0n) is 12.7.